The molecule has 2 rings (SSSR count). The number of hydrogen-bond acceptors (Lipinski definition) is 3. The maximum Gasteiger partial charge on any atom is 0.167 e. The van der Waals surface area contributed by atoms with Crippen LogP contribution in [0.2, 0.25) is 0 Å². The average molecular weight is 250 g/mol. The Kier molecular flexibility index (Phi) is 4.17. The summed E-state index contributed by atoms with van der Waals surface area (Å²) in [6.07, 6.45) is 3.39. The summed E-state index contributed by atoms with van der Waals surface area (Å²) in [4.78, 5) is 12.3. The summed E-state index contributed by atoms with van der Waals surface area (Å²) in [5, 5.41) is 4.37. The maximum atomic E-state index is 12.3. The number of hydrogen-bond donors (Lipinski definition) is 0. The second-order valence-electron chi connectivity index (χ2n) is 4.96. The third kappa shape index (κ3) is 2.99. The van der Waals surface area contributed by atoms with E-state index < -0.39 is 0 Å². The van der Waals surface area contributed by atoms with Gasteiger partial charge in [-0.3, -0.25) is 9.48 Å². The number of aryl methyl sites for hydroxylation is 2. The molecule has 4 nitrogen and oxygen atoms in total. The van der Waals surface area contributed by atoms with Gasteiger partial charge in [0.1, 0.15) is 6.10 Å². The molecule has 0 saturated heterocycles. The third-order valence-electron chi connectivity index (χ3n) is 3.46. The SMILES string of the molecule is CCOC(C(=O)Cc1cc(CC)nn1C)C1CC1. The highest BCUT2D eigenvalue weighted by Crippen LogP contribution is 2.35. The van der Waals surface area contributed by atoms with E-state index in [0.29, 0.717) is 18.9 Å². The molecular formula is C14H22N2O2. The standard InChI is InChI=1S/C14H22N2O2/c1-4-11-8-12(16(3)15-11)9-13(17)14(18-5-2)10-6-7-10/h8,10,14H,4-7,9H2,1-3H3. The van der Waals surface area contributed by atoms with Crippen LogP contribution in [0.4, 0.5) is 0 Å². The van der Waals surface area contributed by atoms with Gasteiger partial charge in [0.2, 0.25) is 0 Å². The van der Waals surface area contributed by atoms with Crippen molar-refractivity contribution in [1.82, 2.24) is 9.78 Å². The molecule has 1 aliphatic carbocycles. The topological polar surface area (TPSA) is 44.1 Å². The zero-order valence-corrected chi connectivity index (χ0v) is 11.5. The summed E-state index contributed by atoms with van der Waals surface area (Å²) in [6, 6.07) is 2.02. The van der Waals surface area contributed by atoms with Crippen molar-refractivity contribution in [2.75, 3.05) is 6.61 Å². The lowest BCUT2D eigenvalue weighted by Crippen LogP contribution is -2.28. The molecule has 0 N–H and O–H groups in total. The summed E-state index contributed by atoms with van der Waals surface area (Å²) in [5.41, 5.74) is 2.03. The molecule has 1 saturated carbocycles. The van der Waals surface area contributed by atoms with Gasteiger partial charge in [0, 0.05) is 19.3 Å². The normalized spacial score (nSPS) is 16.8. The Labute approximate surface area is 108 Å². The first-order chi connectivity index (χ1) is 8.65. The summed E-state index contributed by atoms with van der Waals surface area (Å²) in [7, 11) is 1.90. The van der Waals surface area contributed by atoms with Crippen molar-refractivity contribution < 1.29 is 9.53 Å². The minimum Gasteiger partial charge on any atom is -0.370 e. The van der Waals surface area contributed by atoms with Crippen molar-refractivity contribution in [2.45, 2.75) is 45.6 Å². The van der Waals surface area contributed by atoms with Crippen LogP contribution in [-0.2, 0) is 29.4 Å². The Morgan fingerprint density at radius 1 is 1.56 bits per heavy atom. The smallest absolute Gasteiger partial charge is 0.167 e. The van der Waals surface area contributed by atoms with Crippen LogP contribution in [0.5, 0.6) is 0 Å². The summed E-state index contributed by atoms with van der Waals surface area (Å²) in [5.74, 6) is 0.654. The quantitative estimate of drug-likeness (QED) is 0.742. The lowest BCUT2D eigenvalue weighted by molar-refractivity contribution is -0.131. The molecule has 0 spiro atoms. The fraction of sp³-hybridized carbons (Fsp3) is 0.714. The first-order valence-electron chi connectivity index (χ1n) is 6.81. The predicted molar refractivity (Wildman–Crippen MR) is 69.4 cm³/mol. The molecule has 0 bridgehead atoms. The van der Waals surface area contributed by atoms with E-state index in [1.807, 2.05) is 24.7 Å². The van der Waals surface area contributed by atoms with E-state index >= 15 is 0 Å². The molecule has 1 fully saturated rings. The van der Waals surface area contributed by atoms with Crippen LogP contribution in [0, 0.1) is 5.92 Å². The van der Waals surface area contributed by atoms with Gasteiger partial charge in [0.05, 0.1) is 12.1 Å². The molecule has 0 amide bonds. The fourth-order valence-corrected chi connectivity index (χ4v) is 2.26. The number of Topliss-reactive ketones (excluding diaryl/α,β-unsaturated/α-hetero) is 1. The number of ether oxygens (including phenoxy) is 1. The molecule has 1 heterocycles. The minimum absolute atomic E-state index is 0.199. The van der Waals surface area contributed by atoms with Gasteiger partial charge in [-0.2, -0.15) is 5.10 Å². The van der Waals surface area contributed by atoms with E-state index in [4.69, 9.17) is 4.74 Å². The molecule has 1 aromatic rings. The van der Waals surface area contributed by atoms with Gasteiger partial charge in [-0.05, 0) is 38.2 Å². The zero-order valence-electron chi connectivity index (χ0n) is 11.5. The first kappa shape index (κ1) is 13.3. The monoisotopic (exact) mass is 250 g/mol. The number of aromatic nitrogens is 2. The highest BCUT2D eigenvalue weighted by Gasteiger charge is 2.36. The summed E-state index contributed by atoms with van der Waals surface area (Å²) >= 11 is 0. The van der Waals surface area contributed by atoms with Gasteiger partial charge in [0.15, 0.2) is 5.78 Å². The largest absolute Gasteiger partial charge is 0.370 e. The molecule has 4 heteroatoms. The van der Waals surface area contributed by atoms with E-state index in [-0.39, 0.29) is 11.9 Å². The van der Waals surface area contributed by atoms with Gasteiger partial charge in [0.25, 0.3) is 0 Å². The van der Waals surface area contributed by atoms with Crippen molar-refractivity contribution in [3.05, 3.63) is 17.5 Å². The van der Waals surface area contributed by atoms with Gasteiger partial charge in [-0.15, -0.1) is 0 Å². The van der Waals surface area contributed by atoms with E-state index in [0.717, 1.165) is 30.7 Å². The Morgan fingerprint density at radius 2 is 2.28 bits per heavy atom. The lowest BCUT2D eigenvalue weighted by Gasteiger charge is -2.14. The molecule has 0 radical (unpaired) electrons. The molecule has 1 atom stereocenters. The Bertz CT molecular complexity index is 421. The number of carbonyl (C=O) groups is 1. The van der Waals surface area contributed by atoms with Crippen molar-refractivity contribution in [2.24, 2.45) is 13.0 Å². The number of nitrogens with zero attached hydrogens (tertiary/aromatic N) is 2. The van der Waals surface area contributed by atoms with Crippen molar-refractivity contribution >= 4 is 5.78 Å². The van der Waals surface area contributed by atoms with Crippen LogP contribution in [-0.4, -0.2) is 28.3 Å². The lowest BCUT2D eigenvalue weighted by atomic mass is 10.1. The molecule has 100 valence electrons. The van der Waals surface area contributed by atoms with Gasteiger partial charge in [-0.25, -0.2) is 0 Å². The second-order valence-corrected chi connectivity index (χ2v) is 4.96. The Morgan fingerprint density at radius 3 is 2.78 bits per heavy atom. The number of rotatable bonds is 7. The Hall–Kier alpha value is -1.16. The molecular weight excluding hydrogens is 228 g/mol. The number of ketones is 1. The average Bonchev–Trinajstić information content (AvgIpc) is 3.12. The Balaban J connectivity index is 2.02. The van der Waals surface area contributed by atoms with Crippen LogP contribution in [0.15, 0.2) is 6.07 Å². The third-order valence-corrected chi connectivity index (χ3v) is 3.46. The molecule has 0 aliphatic heterocycles. The highest BCUT2D eigenvalue weighted by atomic mass is 16.5. The van der Waals surface area contributed by atoms with Crippen molar-refractivity contribution in [3.8, 4) is 0 Å². The summed E-state index contributed by atoms with van der Waals surface area (Å²) < 4.78 is 7.41. The van der Waals surface area contributed by atoms with Gasteiger partial charge < -0.3 is 4.74 Å². The molecule has 0 aromatic carbocycles. The summed E-state index contributed by atoms with van der Waals surface area (Å²) in [6.45, 7) is 4.63. The second kappa shape index (κ2) is 5.65. The van der Waals surface area contributed by atoms with E-state index in [2.05, 4.69) is 12.0 Å². The minimum atomic E-state index is -0.199. The van der Waals surface area contributed by atoms with E-state index in [9.17, 15) is 4.79 Å². The number of carbonyl (C=O) groups excluding carboxylic acids is 1. The highest BCUT2D eigenvalue weighted by molar-refractivity contribution is 5.85. The molecule has 1 aliphatic rings. The fourth-order valence-electron chi connectivity index (χ4n) is 2.26. The zero-order chi connectivity index (χ0) is 13.1. The maximum absolute atomic E-state index is 12.3. The van der Waals surface area contributed by atoms with E-state index in [1.54, 1.807) is 0 Å². The van der Waals surface area contributed by atoms with Crippen LogP contribution in [0.25, 0.3) is 0 Å². The van der Waals surface area contributed by atoms with Crippen molar-refractivity contribution in [1.29, 1.82) is 0 Å². The molecule has 1 unspecified atom stereocenters. The van der Waals surface area contributed by atoms with Crippen LogP contribution in [0.1, 0.15) is 38.1 Å². The van der Waals surface area contributed by atoms with Crippen LogP contribution < -0.4 is 0 Å². The van der Waals surface area contributed by atoms with Crippen LogP contribution >= 0.6 is 0 Å². The van der Waals surface area contributed by atoms with Crippen LogP contribution in [0.3, 0.4) is 0 Å². The molecule has 18 heavy (non-hydrogen) atoms. The molecule has 1 aromatic heterocycles. The van der Waals surface area contributed by atoms with Gasteiger partial charge >= 0.3 is 0 Å². The first-order valence-corrected chi connectivity index (χ1v) is 6.81. The predicted octanol–water partition coefficient (Wildman–Crippen LogP) is 1.91. The van der Waals surface area contributed by atoms with E-state index in [1.165, 1.54) is 0 Å². The van der Waals surface area contributed by atoms with Gasteiger partial charge in [-0.1, -0.05) is 6.92 Å². The van der Waals surface area contributed by atoms with Crippen molar-refractivity contribution in [3.63, 3.8) is 0 Å².